The van der Waals surface area contributed by atoms with Crippen LogP contribution < -0.4 is 10.6 Å². The molecule has 13 heteroatoms. The van der Waals surface area contributed by atoms with Gasteiger partial charge in [-0.25, -0.2) is 23.5 Å². The summed E-state index contributed by atoms with van der Waals surface area (Å²) in [6.45, 7) is 27.8. The minimum atomic E-state index is -1.96. The fourth-order valence-corrected chi connectivity index (χ4v) is 7.11. The number of amides is 1. The number of pyridine rings is 2. The van der Waals surface area contributed by atoms with Gasteiger partial charge in [0.05, 0.1) is 16.8 Å². The Balaban J connectivity index is 1.84. The van der Waals surface area contributed by atoms with Crippen LogP contribution in [0.4, 0.5) is 15.0 Å². The third-order valence-electron chi connectivity index (χ3n) is 9.75. The van der Waals surface area contributed by atoms with E-state index in [0.717, 1.165) is 12.0 Å². The Kier molecular flexibility index (Phi) is 11.3. The lowest BCUT2D eigenvalue weighted by atomic mass is 9.93. The zero-order valence-electron chi connectivity index (χ0n) is 31.4. The standard InChI is InChI=1S/C36H54ClFN6O4Si/c1-21(2)28-29(25(14-16-39-28)22(3)15-17-47-49(12,13)36(9,10)11)44-32-26(18-27(38)30(37)40-32)31(41-33(44)45)42-19-24(5)43(20-23(42)4)34(46)48-35(6,7)8/h14,16,18,21-24H,15,17,19-20H2,1-13H3/t22?,23-,24+/m0/s1. The zero-order valence-corrected chi connectivity index (χ0v) is 33.2. The Morgan fingerprint density at radius 1 is 1.08 bits per heavy atom. The number of fused-ring (bicyclic) bond motifs is 1. The summed E-state index contributed by atoms with van der Waals surface area (Å²) < 4.78 is 28.8. The van der Waals surface area contributed by atoms with Crippen molar-refractivity contribution in [1.29, 1.82) is 0 Å². The monoisotopic (exact) mass is 716 g/mol. The molecule has 4 rings (SSSR count). The summed E-state index contributed by atoms with van der Waals surface area (Å²) in [5, 5.41) is 0.0754. The molecular formula is C36H54ClFN6O4Si. The fourth-order valence-electron chi connectivity index (χ4n) is 5.91. The van der Waals surface area contributed by atoms with Gasteiger partial charge in [-0.2, -0.15) is 4.98 Å². The summed E-state index contributed by atoms with van der Waals surface area (Å²) in [4.78, 5) is 44.8. The Labute approximate surface area is 296 Å². The average molecular weight is 717 g/mol. The Morgan fingerprint density at radius 3 is 2.33 bits per heavy atom. The summed E-state index contributed by atoms with van der Waals surface area (Å²) in [5.41, 5.74) is 1.15. The van der Waals surface area contributed by atoms with E-state index in [1.807, 2.05) is 59.4 Å². The van der Waals surface area contributed by atoms with Gasteiger partial charge in [0.1, 0.15) is 11.4 Å². The van der Waals surface area contributed by atoms with Crippen molar-refractivity contribution in [1.82, 2.24) is 24.4 Å². The van der Waals surface area contributed by atoms with Gasteiger partial charge in [0.15, 0.2) is 24.9 Å². The number of nitrogens with zero attached hydrogens (tertiary/aromatic N) is 6. The molecule has 1 fully saturated rings. The second-order valence-corrected chi connectivity index (χ2v) is 21.4. The molecule has 1 saturated heterocycles. The van der Waals surface area contributed by atoms with Gasteiger partial charge in [0.2, 0.25) is 0 Å². The highest BCUT2D eigenvalue weighted by molar-refractivity contribution is 6.74. The van der Waals surface area contributed by atoms with Crippen LogP contribution in [0, 0.1) is 5.82 Å². The van der Waals surface area contributed by atoms with E-state index >= 15 is 4.39 Å². The maximum Gasteiger partial charge on any atom is 0.410 e. The van der Waals surface area contributed by atoms with Crippen molar-refractivity contribution in [3.05, 3.63) is 51.0 Å². The van der Waals surface area contributed by atoms with Gasteiger partial charge in [-0.05, 0) is 88.7 Å². The highest BCUT2D eigenvalue weighted by atomic mass is 35.5. The molecule has 0 aliphatic carbocycles. The molecule has 270 valence electrons. The van der Waals surface area contributed by atoms with Gasteiger partial charge < -0.3 is 19.0 Å². The number of hydrogen-bond donors (Lipinski definition) is 0. The molecule has 4 heterocycles. The van der Waals surface area contributed by atoms with E-state index in [-0.39, 0.29) is 45.6 Å². The van der Waals surface area contributed by atoms with Crippen LogP contribution in [0.25, 0.3) is 16.7 Å². The van der Waals surface area contributed by atoms with E-state index in [2.05, 4.69) is 50.8 Å². The van der Waals surface area contributed by atoms with Crippen LogP contribution in [0.2, 0.25) is 23.3 Å². The highest BCUT2D eigenvalue weighted by Crippen LogP contribution is 2.38. The van der Waals surface area contributed by atoms with Crippen LogP contribution in [-0.4, -0.2) is 76.2 Å². The summed E-state index contributed by atoms with van der Waals surface area (Å²) >= 11 is 6.33. The first-order valence-corrected chi connectivity index (χ1v) is 20.5. The van der Waals surface area contributed by atoms with Crippen molar-refractivity contribution in [2.24, 2.45) is 0 Å². The Morgan fingerprint density at radius 2 is 1.73 bits per heavy atom. The summed E-state index contributed by atoms with van der Waals surface area (Å²) in [6.07, 6.45) is 2.08. The minimum absolute atomic E-state index is 0.0142. The molecule has 1 unspecified atom stereocenters. The maximum absolute atomic E-state index is 15.2. The normalized spacial score (nSPS) is 18.4. The summed E-state index contributed by atoms with van der Waals surface area (Å²) in [5.74, 6) is -0.499. The molecule has 1 aliphatic heterocycles. The SMILES string of the molecule is CC(C)c1nccc(C(C)CCO[Si](C)(C)C(C)(C)C)c1-n1c(=O)nc(N2C[C@@H](C)N(C(=O)OC(C)(C)C)C[C@@H]2C)c2cc(F)c(Cl)nc21. The van der Waals surface area contributed by atoms with Gasteiger partial charge in [0.25, 0.3) is 0 Å². The van der Waals surface area contributed by atoms with E-state index in [1.165, 1.54) is 10.6 Å². The number of carbonyl (C=O) groups excluding carboxylic acids is 1. The molecule has 0 saturated carbocycles. The molecule has 1 aliphatic rings. The second-order valence-electron chi connectivity index (χ2n) is 16.3. The lowest BCUT2D eigenvalue weighted by Gasteiger charge is -2.44. The van der Waals surface area contributed by atoms with Gasteiger partial charge >= 0.3 is 11.8 Å². The predicted molar refractivity (Wildman–Crippen MR) is 197 cm³/mol. The molecule has 0 spiro atoms. The molecule has 3 aromatic rings. The van der Waals surface area contributed by atoms with Crippen molar-refractivity contribution < 1.29 is 18.3 Å². The number of aromatic nitrogens is 4. The van der Waals surface area contributed by atoms with E-state index < -0.39 is 31.5 Å². The average Bonchev–Trinajstić information content (AvgIpc) is 2.96. The van der Waals surface area contributed by atoms with E-state index in [9.17, 15) is 9.59 Å². The number of hydrogen-bond acceptors (Lipinski definition) is 8. The van der Waals surface area contributed by atoms with E-state index in [1.54, 1.807) is 11.1 Å². The topological polar surface area (TPSA) is 103 Å². The molecule has 3 atom stereocenters. The summed E-state index contributed by atoms with van der Waals surface area (Å²) in [7, 11) is -1.96. The molecule has 0 bridgehead atoms. The van der Waals surface area contributed by atoms with Gasteiger partial charge in [-0.3, -0.25) is 4.98 Å². The van der Waals surface area contributed by atoms with Crippen molar-refractivity contribution in [2.45, 2.75) is 130 Å². The number of carbonyl (C=O) groups is 1. The smallest absolute Gasteiger partial charge is 0.410 e. The molecule has 0 radical (unpaired) electrons. The first-order chi connectivity index (χ1) is 22.5. The summed E-state index contributed by atoms with van der Waals surface area (Å²) in [6, 6.07) is 2.67. The van der Waals surface area contributed by atoms with Crippen molar-refractivity contribution in [3.63, 3.8) is 0 Å². The Bertz CT molecular complexity index is 1750. The van der Waals surface area contributed by atoms with Crippen molar-refractivity contribution in [3.8, 4) is 5.69 Å². The first kappa shape index (κ1) is 38.7. The number of piperazine rings is 1. The van der Waals surface area contributed by atoms with Crippen LogP contribution in [0.3, 0.4) is 0 Å². The zero-order chi connectivity index (χ0) is 36.8. The molecule has 0 N–H and O–H groups in total. The van der Waals surface area contributed by atoms with Gasteiger partial charge in [-0.1, -0.05) is 53.1 Å². The van der Waals surface area contributed by atoms with E-state index in [0.29, 0.717) is 36.5 Å². The number of rotatable bonds is 8. The lowest BCUT2D eigenvalue weighted by Crippen LogP contribution is -2.59. The predicted octanol–water partition coefficient (Wildman–Crippen LogP) is 8.44. The Hall–Kier alpha value is -3.09. The third-order valence-corrected chi connectivity index (χ3v) is 14.6. The number of halogens is 2. The third kappa shape index (κ3) is 8.28. The first-order valence-electron chi connectivity index (χ1n) is 17.2. The highest BCUT2D eigenvalue weighted by Gasteiger charge is 2.38. The van der Waals surface area contributed by atoms with Crippen LogP contribution in [0.5, 0.6) is 0 Å². The molecule has 3 aromatic heterocycles. The van der Waals surface area contributed by atoms with Gasteiger partial charge in [0, 0.05) is 38.0 Å². The molecule has 1 amide bonds. The largest absolute Gasteiger partial charge is 0.444 e. The number of ether oxygens (including phenoxy) is 1. The van der Waals surface area contributed by atoms with Crippen LogP contribution in [-0.2, 0) is 9.16 Å². The van der Waals surface area contributed by atoms with Crippen molar-refractivity contribution >= 4 is 42.9 Å². The minimum Gasteiger partial charge on any atom is -0.444 e. The van der Waals surface area contributed by atoms with Crippen molar-refractivity contribution in [2.75, 3.05) is 24.6 Å². The second kappa shape index (κ2) is 14.3. The maximum atomic E-state index is 15.2. The number of anilines is 1. The molecular weight excluding hydrogens is 663 g/mol. The van der Waals surface area contributed by atoms with Gasteiger partial charge in [-0.15, -0.1) is 0 Å². The van der Waals surface area contributed by atoms with Crippen LogP contribution in [0.15, 0.2) is 23.1 Å². The molecule has 0 aromatic carbocycles. The molecule has 49 heavy (non-hydrogen) atoms. The lowest BCUT2D eigenvalue weighted by molar-refractivity contribution is 0.0130. The van der Waals surface area contributed by atoms with Crippen LogP contribution >= 0.6 is 11.6 Å². The van der Waals surface area contributed by atoms with E-state index in [4.69, 9.17) is 25.7 Å². The molecule has 10 nitrogen and oxygen atoms in total. The van der Waals surface area contributed by atoms with Crippen LogP contribution in [0.1, 0.15) is 106 Å². The fraction of sp³-hybridized carbons (Fsp3) is 0.639. The quantitative estimate of drug-likeness (QED) is 0.169.